The standard InChI is InChI=1S/C21H14F5N3O2.C4H2F3NO/c22-20(23,30-13-14-4-2-1-3-5-14)19-28-27-18-11-8-16(12-29(18)19)15-6-9-17(10-7-15)31-21(24,25)26;5-4(6,7)3-1-9-2-8-3/h1-12H,13H2;1-2H. The summed E-state index contributed by atoms with van der Waals surface area (Å²) in [7, 11) is 0. The fraction of sp³-hybridized carbons (Fsp3) is 0.160. The number of benzene rings is 2. The highest BCUT2D eigenvalue weighted by molar-refractivity contribution is 5.65. The predicted molar refractivity (Wildman–Crippen MR) is 122 cm³/mol. The SMILES string of the molecule is FC(F)(F)Oc1ccc(-c2ccc3nnc(C(F)(F)OCc4ccccc4)n3c2)cc1.FC(F)(F)c1cocn1. The molecule has 7 nitrogen and oxygen atoms in total. The smallest absolute Gasteiger partial charge is 0.451 e. The molecule has 210 valence electrons. The van der Waals surface area contributed by atoms with Gasteiger partial charge in [-0.1, -0.05) is 42.5 Å². The number of hydrogen-bond donors (Lipinski definition) is 0. The molecule has 0 aliphatic rings. The van der Waals surface area contributed by atoms with E-state index in [1.807, 2.05) is 0 Å². The van der Waals surface area contributed by atoms with Crippen LogP contribution in [-0.4, -0.2) is 25.9 Å². The Morgan fingerprint density at radius 3 is 2.02 bits per heavy atom. The Kier molecular flexibility index (Phi) is 8.04. The number of oxazole rings is 1. The van der Waals surface area contributed by atoms with Crippen molar-refractivity contribution in [1.29, 1.82) is 0 Å². The average Bonchev–Trinajstić information content (AvgIpc) is 3.59. The van der Waals surface area contributed by atoms with Crippen LogP contribution in [0.25, 0.3) is 16.8 Å². The number of alkyl halides is 8. The minimum absolute atomic E-state index is 0.166. The summed E-state index contributed by atoms with van der Waals surface area (Å²) in [6, 6.07) is 16.6. The third kappa shape index (κ3) is 7.31. The molecule has 0 atom stereocenters. The third-order valence-corrected chi connectivity index (χ3v) is 5.07. The van der Waals surface area contributed by atoms with Crippen LogP contribution in [0, 0.1) is 0 Å². The third-order valence-electron chi connectivity index (χ3n) is 5.07. The molecule has 0 radical (unpaired) electrons. The maximum Gasteiger partial charge on any atom is 0.573 e. The van der Waals surface area contributed by atoms with Crippen LogP contribution in [0.5, 0.6) is 5.75 Å². The molecule has 0 aliphatic heterocycles. The van der Waals surface area contributed by atoms with Gasteiger partial charge in [0.2, 0.25) is 5.82 Å². The van der Waals surface area contributed by atoms with Gasteiger partial charge in [-0.3, -0.25) is 4.40 Å². The Morgan fingerprint density at radius 1 is 0.775 bits per heavy atom. The Labute approximate surface area is 219 Å². The lowest BCUT2D eigenvalue weighted by Crippen LogP contribution is -2.21. The quantitative estimate of drug-likeness (QED) is 0.200. The van der Waals surface area contributed by atoms with Crippen LogP contribution in [0.4, 0.5) is 35.1 Å². The molecule has 0 saturated heterocycles. The second-order valence-electron chi connectivity index (χ2n) is 7.90. The molecule has 40 heavy (non-hydrogen) atoms. The number of rotatable bonds is 6. The van der Waals surface area contributed by atoms with E-state index >= 15 is 0 Å². The molecule has 0 aliphatic carbocycles. The summed E-state index contributed by atoms with van der Waals surface area (Å²) in [5.41, 5.74) is 0.690. The van der Waals surface area contributed by atoms with E-state index in [1.54, 1.807) is 36.4 Å². The molecular weight excluding hydrogens is 556 g/mol. The van der Waals surface area contributed by atoms with E-state index in [9.17, 15) is 35.1 Å². The predicted octanol–water partition coefficient (Wildman–Crippen LogP) is 7.25. The van der Waals surface area contributed by atoms with Crippen LogP contribution >= 0.6 is 0 Å². The lowest BCUT2D eigenvalue weighted by Gasteiger charge is -2.15. The van der Waals surface area contributed by atoms with E-state index < -0.39 is 30.2 Å². The van der Waals surface area contributed by atoms with Crippen molar-refractivity contribution in [3.05, 3.63) is 103 Å². The first kappa shape index (κ1) is 28.5. The molecule has 0 fully saturated rings. The van der Waals surface area contributed by atoms with E-state index in [0.29, 0.717) is 23.0 Å². The molecule has 0 saturated carbocycles. The number of aromatic nitrogens is 4. The highest BCUT2D eigenvalue weighted by atomic mass is 19.4. The van der Waals surface area contributed by atoms with Crippen molar-refractivity contribution in [3.63, 3.8) is 0 Å². The van der Waals surface area contributed by atoms with Gasteiger partial charge in [-0.05, 0) is 41.0 Å². The molecular formula is C25H16F8N4O3. The summed E-state index contributed by atoms with van der Waals surface area (Å²) in [6.07, 6.45) is -10.2. The zero-order chi connectivity index (χ0) is 29.0. The van der Waals surface area contributed by atoms with Crippen molar-refractivity contribution in [2.75, 3.05) is 0 Å². The minimum atomic E-state index is -4.80. The van der Waals surface area contributed by atoms with Gasteiger partial charge in [0.25, 0.3) is 0 Å². The molecule has 0 bridgehead atoms. The summed E-state index contributed by atoms with van der Waals surface area (Å²) in [5.74, 6) is -1.10. The van der Waals surface area contributed by atoms with Gasteiger partial charge in [-0.15, -0.1) is 23.4 Å². The van der Waals surface area contributed by atoms with Gasteiger partial charge in [-0.2, -0.15) is 22.0 Å². The maximum absolute atomic E-state index is 14.7. The van der Waals surface area contributed by atoms with E-state index in [0.717, 1.165) is 22.9 Å². The first-order valence-corrected chi connectivity index (χ1v) is 11.0. The molecule has 5 rings (SSSR count). The zero-order valence-corrected chi connectivity index (χ0v) is 19.8. The van der Waals surface area contributed by atoms with Gasteiger partial charge >= 0.3 is 18.6 Å². The van der Waals surface area contributed by atoms with Gasteiger partial charge in [0.05, 0.1) is 6.61 Å². The zero-order valence-electron chi connectivity index (χ0n) is 19.8. The van der Waals surface area contributed by atoms with Crippen molar-refractivity contribution in [2.45, 2.75) is 25.3 Å². The maximum atomic E-state index is 14.7. The number of pyridine rings is 1. The van der Waals surface area contributed by atoms with Crippen molar-refractivity contribution in [3.8, 4) is 16.9 Å². The number of nitrogens with zero attached hydrogens (tertiary/aromatic N) is 4. The van der Waals surface area contributed by atoms with Crippen LogP contribution in [0.15, 0.2) is 90.0 Å². The van der Waals surface area contributed by atoms with E-state index in [-0.39, 0.29) is 18.0 Å². The van der Waals surface area contributed by atoms with E-state index in [4.69, 9.17) is 4.74 Å². The van der Waals surface area contributed by atoms with Gasteiger partial charge in [0.1, 0.15) is 12.0 Å². The number of hydrogen-bond acceptors (Lipinski definition) is 6. The minimum Gasteiger partial charge on any atom is -0.451 e. The van der Waals surface area contributed by atoms with Crippen LogP contribution in [0.2, 0.25) is 0 Å². The topological polar surface area (TPSA) is 74.7 Å². The molecule has 15 heteroatoms. The Bertz CT molecular complexity index is 1520. The first-order valence-electron chi connectivity index (χ1n) is 11.0. The Balaban J connectivity index is 0.000000350. The second kappa shape index (κ2) is 11.3. The van der Waals surface area contributed by atoms with Gasteiger partial charge in [-0.25, -0.2) is 4.98 Å². The number of halogens is 8. The molecule has 0 amide bonds. The number of fused-ring (bicyclic) bond motifs is 1. The van der Waals surface area contributed by atoms with Gasteiger partial charge in [0.15, 0.2) is 17.7 Å². The van der Waals surface area contributed by atoms with Gasteiger partial charge < -0.3 is 13.9 Å². The van der Waals surface area contributed by atoms with E-state index in [2.05, 4.69) is 24.3 Å². The largest absolute Gasteiger partial charge is 0.573 e. The lowest BCUT2D eigenvalue weighted by molar-refractivity contribution is -0.274. The second-order valence-corrected chi connectivity index (χ2v) is 7.90. The van der Waals surface area contributed by atoms with Crippen molar-refractivity contribution in [1.82, 2.24) is 19.6 Å². The van der Waals surface area contributed by atoms with Crippen LogP contribution in [0.1, 0.15) is 17.1 Å². The Morgan fingerprint density at radius 2 is 1.45 bits per heavy atom. The summed E-state index contributed by atoms with van der Waals surface area (Å²) < 4.78 is 115. The van der Waals surface area contributed by atoms with Crippen LogP contribution < -0.4 is 4.74 Å². The molecule has 0 unspecified atom stereocenters. The molecule has 3 aromatic heterocycles. The highest BCUT2D eigenvalue weighted by Gasteiger charge is 2.39. The molecule has 3 heterocycles. The Hall–Kier alpha value is -4.53. The molecule has 2 aromatic carbocycles. The average molecular weight is 572 g/mol. The monoisotopic (exact) mass is 572 g/mol. The number of ether oxygens (including phenoxy) is 2. The van der Waals surface area contributed by atoms with Gasteiger partial charge in [0, 0.05) is 6.20 Å². The van der Waals surface area contributed by atoms with E-state index in [1.165, 1.54) is 24.4 Å². The van der Waals surface area contributed by atoms with Crippen LogP contribution in [-0.2, 0) is 23.6 Å². The fourth-order valence-electron chi connectivity index (χ4n) is 3.27. The molecule has 5 aromatic rings. The summed E-state index contributed by atoms with van der Waals surface area (Å²) in [6.45, 7) is -0.330. The lowest BCUT2D eigenvalue weighted by atomic mass is 10.1. The van der Waals surface area contributed by atoms with Crippen LogP contribution in [0.3, 0.4) is 0 Å². The summed E-state index contributed by atoms with van der Waals surface area (Å²) in [5, 5.41) is 7.30. The molecule has 0 spiro atoms. The highest BCUT2D eigenvalue weighted by Crippen LogP contribution is 2.32. The fourth-order valence-corrected chi connectivity index (χ4v) is 3.27. The summed E-state index contributed by atoms with van der Waals surface area (Å²) >= 11 is 0. The van der Waals surface area contributed by atoms with Crippen molar-refractivity contribution in [2.24, 2.45) is 0 Å². The van der Waals surface area contributed by atoms with Crippen molar-refractivity contribution >= 4 is 5.65 Å². The summed E-state index contributed by atoms with van der Waals surface area (Å²) in [4.78, 5) is 2.90. The van der Waals surface area contributed by atoms with Crippen molar-refractivity contribution < 1.29 is 49.0 Å². The normalized spacial score (nSPS) is 12.2. The molecule has 0 N–H and O–H groups in total. The first-order chi connectivity index (χ1) is 18.8.